The lowest BCUT2D eigenvalue weighted by atomic mass is 10.2. The van der Waals surface area contributed by atoms with Crippen molar-refractivity contribution < 1.29 is 8.42 Å². The normalized spacial score (nSPS) is 18.4. The Morgan fingerprint density at radius 2 is 1.88 bits per heavy atom. The summed E-state index contributed by atoms with van der Waals surface area (Å²) in [7, 11) is -2.82. The minimum absolute atomic E-state index is 0.290. The number of rotatable bonds is 7. The second-order valence-corrected chi connectivity index (χ2v) is 7.28. The maximum Gasteiger partial charge on any atom is 0.147 e. The second-order valence-electron chi connectivity index (χ2n) is 4.65. The molecule has 3 nitrogen and oxygen atoms in total. The van der Waals surface area contributed by atoms with Gasteiger partial charge in [-0.2, -0.15) is 0 Å². The van der Waals surface area contributed by atoms with E-state index < -0.39 is 9.84 Å². The Kier molecular flexibility index (Phi) is 6.08. The van der Waals surface area contributed by atoms with Gasteiger partial charge < -0.3 is 0 Å². The van der Waals surface area contributed by atoms with Gasteiger partial charge in [-0.3, -0.25) is 4.90 Å². The van der Waals surface area contributed by atoms with Crippen molar-refractivity contribution in [3.8, 4) is 0 Å². The summed E-state index contributed by atoms with van der Waals surface area (Å²) in [6, 6.07) is 0.637. The summed E-state index contributed by atoms with van der Waals surface area (Å²) in [5.74, 6) is 0.924. The molecule has 0 aromatic rings. The Morgan fingerprint density at radius 3 is 2.38 bits per heavy atom. The van der Waals surface area contributed by atoms with Gasteiger partial charge in [0.1, 0.15) is 9.84 Å². The molecule has 0 radical (unpaired) electrons. The molecule has 1 fully saturated rings. The van der Waals surface area contributed by atoms with Crippen molar-refractivity contribution in [1.82, 2.24) is 4.90 Å². The van der Waals surface area contributed by atoms with E-state index in [1.54, 1.807) is 0 Å². The molecule has 0 unspecified atom stereocenters. The quantitative estimate of drug-likeness (QED) is 0.662. The van der Waals surface area contributed by atoms with Gasteiger partial charge in [-0.05, 0) is 25.8 Å². The molecule has 0 aromatic heterocycles. The molecule has 0 saturated heterocycles. The lowest BCUT2D eigenvalue weighted by molar-refractivity contribution is 0.211. The third-order valence-electron chi connectivity index (χ3n) is 3.17. The highest BCUT2D eigenvalue weighted by Gasteiger charge is 2.21. The summed E-state index contributed by atoms with van der Waals surface area (Å²) in [6.07, 6.45) is 7.12. The van der Waals surface area contributed by atoms with Crippen molar-refractivity contribution in [1.29, 1.82) is 0 Å². The van der Waals surface area contributed by atoms with Crippen LogP contribution >= 0.6 is 11.6 Å². The zero-order valence-electron chi connectivity index (χ0n) is 9.99. The minimum atomic E-state index is -2.82. The van der Waals surface area contributed by atoms with Crippen LogP contribution < -0.4 is 0 Å². The minimum Gasteiger partial charge on any atom is -0.299 e. The first kappa shape index (κ1) is 14.3. The molecule has 1 saturated carbocycles. The molecule has 1 aliphatic carbocycles. The van der Waals surface area contributed by atoms with Crippen LogP contribution in [0.3, 0.4) is 0 Å². The van der Waals surface area contributed by atoms with E-state index in [1.165, 1.54) is 31.9 Å². The van der Waals surface area contributed by atoms with E-state index in [2.05, 4.69) is 4.90 Å². The molecular weight excluding hydrogens is 246 g/mol. The van der Waals surface area contributed by atoms with Crippen LogP contribution in [-0.4, -0.2) is 50.3 Å². The zero-order chi connectivity index (χ0) is 12.0. The van der Waals surface area contributed by atoms with Crippen LogP contribution in [0.1, 0.15) is 32.1 Å². The maximum atomic E-state index is 11.0. The van der Waals surface area contributed by atoms with E-state index in [1.807, 2.05) is 0 Å². The number of sulfone groups is 1. The van der Waals surface area contributed by atoms with Gasteiger partial charge in [0.2, 0.25) is 0 Å². The van der Waals surface area contributed by atoms with E-state index in [9.17, 15) is 8.42 Å². The van der Waals surface area contributed by atoms with Gasteiger partial charge in [-0.25, -0.2) is 8.42 Å². The molecule has 0 bridgehead atoms. The Balaban J connectivity index is 2.32. The van der Waals surface area contributed by atoms with Gasteiger partial charge in [0, 0.05) is 24.7 Å². The fourth-order valence-electron chi connectivity index (χ4n) is 2.38. The van der Waals surface area contributed by atoms with Gasteiger partial charge in [0.05, 0.1) is 5.75 Å². The summed E-state index contributed by atoms with van der Waals surface area (Å²) < 4.78 is 22.1. The van der Waals surface area contributed by atoms with E-state index in [0.717, 1.165) is 19.5 Å². The van der Waals surface area contributed by atoms with Crippen molar-refractivity contribution in [2.75, 3.05) is 31.0 Å². The van der Waals surface area contributed by atoms with Crippen LogP contribution in [0.5, 0.6) is 0 Å². The molecule has 0 atom stereocenters. The third-order valence-corrected chi connectivity index (χ3v) is 4.37. The SMILES string of the molecule is CS(=O)(=O)CCCN(CCCl)C1CCCC1. The fraction of sp³-hybridized carbons (Fsp3) is 1.00. The molecule has 1 aliphatic rings. The van der Waals surface area contributed by atoms with Crippen LogP contribution in [0, 0.1) is 0 Å². The molecule has 96 valence electrons. The first-order chi connectivity index (χ1) is 7.53. The smallest absolute Gasteiger partial charge is 0.147 e. The Morgan fingerprint density at radius 1 is 1.25 bits per heavy atom. The van der Waals surface area contributed by atoms with Gasteiger partial charge >= 0.3 is 0 Å². The lowest BCUT2D eigenvalue weighted by Crippen LogP contribution is -2.36. The Bertz CT molecular complexity index is 286. The van der Waals surface area contributed by atoms with E-state index >= 15 is 0 Å². The highest BCUT2D eigenvalue weighted by molar-refractivity contribution is 7.90. The van der Waals surface area contributed by atoms with Gasteiger partial charge in [0.25, 0.3) is 0 Å². The monoisotopic (exact) mass is 267 g/mol. The van der Waals surface area contributed by atoms with Gasteiger partial charge in [-0.15, -0.1) is 11.6 Å². The molecular formula is C11H22ClNO2S. The number of nitrogens with zero attached hydrogens (tertiary/aromatic N) is 1. The highest BCUT2D eigenvalue weighted by Crippen LogP contribution is 2.23. The van der Waals surface area contributed by atoms with Crippen LogP contribution in [0.15, 0.2) is 0 Å². The number of halogens is 1. The molecule has 0 spiro atoms. The number of hydrogen-bond donors (Lipinski definition) is 0. The average molecular weight is 268 g/mol. The first-order valence-corrected chi connectivity index (χ1v) is 8.60. The Hall–Kier alpha value is 0.200. The van der Waals surface area contributed by atoms with Crippen molar-refractivity contribution in [3.63, 3.8) is 0 Å². The van der Waals surface area contributed by atoms with Crippen LogP contribution in [0.4, 0.5) is 0 Å². The first-order valence-electron chi connectivity index (χ1n) is 6.00. The summed E-state index contributed by atoms with van der Waals surface area (Å²) in [6.45, 7) is 1.75. The largest absolute Gasteiger partial charge is 0.299 e. The van der Waals surface area contributed by atoms with Gasteiger partial charge in [-0.1, -0.05) is 12.8 Å². The highest BCUT2D eigenvalue weighted by atomic mass is 35.5. The zero-order valence-corrected chi connectivity index (χ0v) is 11.6. The molecule has 0 heterocycles. The van der Waals surface area contributed by atoms with Crippen molar-refractivity contribution in [2.24, 2.45) is 0 Å². The average Bonchev–Trinajstić information content (AvgIpc) is 2.67. The summed E-state index contributed by atoms with van der Waals surface area (Å²) in [5.41, 5.74) is 0. The van der Waals surface area contributed by atoms with Crippen molar-refractivity contribution >= 4 is 21.4 Å². The summed E-state index contributed by atoms with van der Waals surface area (Å²) in [5, 5.41) is 0. The topological polar surface area (TPSA) is 37.4 Å². The standard InChI is InChI=1S/C11H22ClNO2S/c1-16(14,15)10-4-8-13(9-7-12)11-5-2-3-6-11/h11H,2-10H2,1H3. The molecule has 5 heteroatoms. The summed E-state index contributed by atoms with van der Waals surface area (Å²) in [4.78, 5) is 2.37. The fourth-order valence-corrected chi connectivity index (χ4v) is 3.26. The van der Waals surface area contributed by atoms with E-state index in [4.69, 9.17) is 11.6 Å². The van der Waals surface area contributed by atoms with E-state index in [0.29, 0.717) is 17.7 Å². The molecule has 1 rings (SSSR count). The predicted molar refractivity (Wildman–Crippen MR) is 68.9 cm³/mol. The molecule has 0 aliphatic heterocycles. The number of alkyl halides is 1. The third kappa shape index (κ3) is 5.51. The maximum absolute atomic E-state index is 11.0. The lowest BCUT2D eigenvalue weighted by Gasteiger charge is -2.27. The van der Waals surface area contributed by atoms with E-state index in [-0.39, 0.29) is 0 Å². The van der Waals surface area contributed by atoms with Gasteiger partial charge in [0.15, 0.2) is 0 Å². The van der Waals surface area contributed by atoms with Crippen LogP contribution in [0.2, 0.25) is 0 Å². The molecule has 0 N–H and O–H groups in total. The molecule has 0 aromatic carbocycles. The summed E-state index contributed by atoms with van der Waals surface area (Å²) >= 11 is 5.78. The molecule has 0 amide bonds. The van der Waals surface area contributed by atoms with Crippen molar-refractivity contribution in [2.45, 2.75) is 38.1 Å². The van der Waals surface area contributed by atoms with Crippen LogP contribution in [-0.2, 0) is 9.84 Å². The molecule has 16 heavy (non-hydrogen) atoms. The van der Waals surface area contributed by atoms with Crippen molar-refractivity contribution in [3.05, 3.63) is 0 Å². The number of hydrogen-bond acceptors (Lipinski definition) is 3. The predicted octanol–water partition coefficient (Wildman–Crippen LogP) is 1.90. The Labute approximate surface area is 104 Å². The second kappa shape index (κ2) is 6.82. The van der Waals surface area contributed by atoms with Crippen LogP contribution in [0.25, 0.3) is 0 Å².